The number of amides is 1. The highest BCUT2D eigenvalue weighted by atomic mass is 16.7. The van der Waals surface area contributed by atoms with Crippen LogP contribution >= 0.6 is 0 Å². The van der Waals surface area contributed by atoms with Gasteiger partial charge in [0.05, 0.1) is 0 Å². The molecule has 0 spiro atoms. The molecule has 0 fully saturated rings. The third kappa shape index (κ3) is 3.95. The standard InChI is InChI=1S/C18H19NO3/c1-18(2,3)16(20)13-9-11-14(12-10-13)17(21)19-22-15-7-5-4-6-8-15/h4-12H,1-3H3,(H,19,21). The van der Waals surface area contributed by atoms with Gasteiger partial charge in [0.25, 0.3) is 5.91 Å². The number of hydrogen-bond acceptors (Lipinski definition) is 3. The van der Waals surface area contributed by atoms with E-state index in [1.54, 1.807) is 36.4 Å². The highest BCUT2D eigenvalue weighted by Crippen LogP contribution is 2.21. The lowest BCUT2D eigenvalue weighted by atomic mass is 9.86. The third-order valence-corrected chi connectivity index (χ3v) is 3.10. The lowest BCUT2D eigenvalue weighted by Crippen LogP contribution is -2.27. The van der Waals surface area contributed by atoms with Crippen LogP contribution in [0.1, 0.15) is 41.5 Å². The molecule has 0 saturated heterocycles. The Hall–Kier alpha value is -2.62. The molecule has 0 aliphatic carbocycles. The quantitative estimate of drug-likeness (QED) is 0.692. The first kappa shape index (κ1) is 15.8. The molecule has 0 heterocycles. The second kappa shape index (κ2) is 6.43. The summed E-state index contributed by atoms with van der Waals surface area (Å²) >= 11 is 0. The minimum atomic E-state index is -0.444. The molecule has 2 aromatic rings. The normalized spacial score (nSPS) is 10.9. The molecule has 22 heavy (non-hydrogen) atoms. The van der Waals surface area contributed by atoms with Crippen molar-refractivity contribution < 1.29 is 14.4 Å². The summed E-state index contributed by atoms with van der Waals surface area (Å²) in [6.45, 7) is 5.59. The fraction of sp³-hybridized carbons (Fsp3) is 0.222. The fourth-order valence-corrected chi connectivity index (χ4v) is 1.86. The van der Waals surface area contributed by atoms with E-state index >= 15 is 0 Å². The van der Waals surface area contributed by atoms with Gasteiger partial charge in [-0.15, -0.1) is 0 Å². The number of carbonyl (C=O) groups is 2. The summed E-state index contributed by atoms with van der Waals surface area (Å²) in [5.41, 5.74) is 2.95. The van der Waals surface area contributed by atoms with Crippen molar-refractivity contribution >= 4 is 11.7 Å². The summed E-state index contributed by atoms with van der Waals surface area (Å²) in [7, 11) is 0. The Balaban J connectivity index is 2.01. The molecule has 1 N–H and O–H groups in total. The summed E-state index contributed by atoms with van der Waals surface area (Å²) in [6.07, 6.45) is 0. The van der Waals surface area contributed by atoms with Gasteiger partial charge in [-0.05, 0) is 24.3 Å². The summed E-state index contributed by atoms with van der Waals surface area (Å²) in [4.78, 5) is 29.3. The van der Waals surface area contributed by atoms with Gasteiger partial charge in [0.2, 0.25) is 0 Å². The van der Waals surface area contributed by atoms with Crippen LogP contribution in [0.2, 0.25) is 0 Å². The molecular weight excluding hydrogens is 278 g/mol. The summed E-state index contributed by atoms with van der Waals surface area (Å²) in [5, 5.41) is 0. The van der Waals surface area contributed by atoms with E-state index in [4.69, 9.17) is 4.84 Å². The maximum absolute atomic E-state index is 12.1. The van der Waals surface area contributed by atoms with E-state index in [9.17, 15) is 9.59 Å². The van der Waals surface area contributed by atoms with E-state index in [-0.39, 0.29) is 11.7 Å². The van der Waals surface area contributed by atoms with E-state index in [0.29, 0.717) is 16.9 Å². The molecule has 2 rings (SSSR count). The highest BCUT2D eigenvalue weighted by Gasteiger charge is 2.22. The van der Waals surface area contributed by atoms with E-state index < -0.39 is 5.41 Å². The van der Waals surface area contributed by atoms with Crippen LogP contribution in [0.3, 0.4) is 0 Å². The second-order valence-electron chi connectivity index (χ2n) is 6.00. The second-order valence-corrected chi connectivity index (χ2v) is 6.00. The molecule has 4 nitrogen and oxygen atoms in total. The van der Waals surface area contributed by atoms with E-state index in [0.717, 1.165) is 0 Å². The first-order chi connectivity index (χ1) is 10.4. The Morgan fingerprint density at radius 3 is 1.95 bits per heavy atom. The van der Waals surface area contributed by atoms with E-state index in [1.165, 1.54) is 0 Å². The third-order valence-electron chi connectivity index (χ3n) is 3.10. The first-order valence-corrected chi connectivity index (χ1v) is 7.05. The molecule has 0 unspecified atom stereocenters. The van der Waals surface area contributed by atoms with Crippen LogP contribution in [-0.4, -0.2) is 11.7 Å². The van der Waals surface area contributed by atoms with Crippen LogP contribution in [-0.2, 0) is 0 Å². The molecule has 114 valence electrons. The number of hydrogen-bond donors (Lipinski definition) is 1. The van der Waals surface area contributed by atoms with Gasteiger partial charge in [0, 0.05) is 16.5 Å². The number of para-hydroxylation sites is 1. The van der Waals surface area contributed by atoms with Crippen LogP contribution in [0.25, 0.3) is 0 Å². The zero-order valence-electron chi connectivity index (χ0n) is 12.9. The first-order valence-electron chi connectivity index (χ1n) is 7.05. The predicted octanol–water partition coefficient (Wildman–Crippen LogP) is 3.64. The molecule has 4 heteroatoms. The van der Waals surface area contributed by atoms with Crippen LogP contribution in [0.15, 0.2) is 54.6 Å². The van der Waals surface area contributed by atoms with Crippen molar-refractivity contribution in [2.45, 2.75) is 20.8 Å². The highest BCUT2D eigenvalue weighted by molar-refractivity contribution is 6.01. The number of benzene rings is 2. The average Bonchev–Trinajstić information content (AvgIpc) is 2.52. The number of nitrogens with one attached hydrogen (secondary N) is 1. The van der Waals surface area contributed by atoms with Gasteiger partial charge in [0.1, 0.15) is 0 Å². The van der Waals surface area contributed by atoms with Gasteiger partial charge in [-0.3, -0.25) is 9.59 Å². The Morgan fingerprint density at radius 2 is 1.41 bits per heavy atom. The zero-order chi connectivity index (χ0) is 16.2. The van der Waals surface area contributed by atoms with Crippen molar-refractivity contribution in [2.24, 2.45) is 5.41 Å². The molecule has 0 radical (unpaired) electrons. The van der Waals surface area contributed by atoms with Crippen molar-refractivity contribution in [2.75, 3.05) is 0 Å². The van der Waals surface area contributed by atoms with E-state index in [2.05, 4.69) is 5.48 Å². The number of ketones is 1. The van der Waals surface area contributed by atoms with Crippen LogP contribution in [0.5, 0.6) is 5.75 Å². The smallest absolute Gasteiger partial charge is 0.283 e. The van der Waals surface area contributed by atoms with Gasteiger partial charge in [-0.25, -0.2) is 0 Å². The van der Waals surface area contributed by atoms with Gasteiger partial charge in [-0.1, -0.05) is 51.1 Å². The summed E-state index contributed by atoms with van der Waals surface area (Å²) in [5.74, 6) is 0.231. The predicted molar refractivity (Wildman–Crippen MR) is 84.8 cm³/mol. The maximum Gasteiger partial charge on any atom is 0.283 e. The van der Waals surface area contributed by atoms with E-state index in [1.807, 2.05) is 39.0 Å². The molecule has 0 aliphatic heterocycles. The van der Waals surface area contributed by atoms with Crippen LogP contribution in [0, 0.1) is 5.41 Å². The topological polar surface area (TPSA) is 55.4 Å². The minimum absolute atomic E-state index is 0.0417. The Bertz CT molecular complexity index is 655. The number of carbonyl (C=O) groups excluding carboxylic acids is 2. The molecule has 1 amide bonds. The molecule has 2 aromatic carbocycles. The summed E-state index contributed by atoms with van der Waals surface area (Å²) in [6, 6.07) is 15.5. The molecule has 0 saturated carbocycles. The monoisotopic (exact) mass is 297 g/mol. The van der Waals surface area contributed by atoms with Gasteiger partial charge < -0.3 is 4.84 Å². The molecular formula is C18H19NO3. The number of hydroxylamine groups is 1. The molecule has 0 aliphatic rings. The summed E-state index contributed by atoms with van der Waals surface area (Å²) < 4.78 is 0. The Labute approximate surface area is 130 Å². The number of rotatable bonds is 4. The molecule has 0 bridgehead atoms. The van der Waals surface area contributed by atoms with Crippen LogP contribution in [0.4, 0.5) is 0 Å². The maximum atomic E-state index is 12.1. The zero-order valence-corrected chi connectivity index (χ0v) is 12.9. The van der Waals surface area contributed by atoms with Crippen molar-refractivity contribution in [1.82, 2.24) is 5.48 Å². The molecule has 0 aromatic heterocycles. The fourth-order valence-electron chi connectivity index (χ4n) is 1.86. The van der Waals surface area contributed by atoms with Crippen molar-refractivity contribution in [3.05, 3.63) is 65.7 Å². The minimum Gasteiger partial charge on any atom is -0.379 e. The Kier molecular flexibility index (Phi) is 4.61. The van der Waals surface area contributed by atoms with Crippen LogP contribution < -0.4 is 10.3 Å². The van der Waals surface area contributed by atoms with Gasteiger partial charge in [0.15, 0.2) is 11.5 Å². The van der Waals surface area contributed by atoms with Crippen molar-refractivity contribution in [1.29, 1.82) is 0 Å². The van der Waals surface area contributed by atoms with Crippen molar-refractivity contribution in [3.63, 3.8) is 0 Å². The lowest BCUT2D eigenvalue weighted by Gasteiger charge is -2.16. The lowest BCUT2D eigenvalue weighted by molar-refractivity contribution is 0.0759. The average molecular weight is 297 g/mol. The van der Waals surface area contributed by atoms with Gasteiger partial charge in [-0.2, -0.15) is 5.48 Å². The van der Waals surface area contributed by atoms with Crippen molar-refractivity contribution in [3.8, 4) is 5.75 Å². The number of Topliss-reactive ketones (excluding diaryl/α,β-unsaturated/α-hetero) is 1. The SMILES string of the molecule is CC(C)(C)C(=O)c1ccc(C(=O)NOc2ccccc2)cc1. The Morgan fingerprint density at radius 1 is 0.864 bits per heavy atom. The van der Waals surface area contributed by atoms with Gasteiger partial charge >= 0.3 is 0 Å². The largest absolute Gasteiger partial charge is 0.379 e. The molecule has 0 atom stereocenters.